The van der Waals surface area contributed by atoms with Crippen molar-refractivity contribution >= 4 is 23.5 Å². The first-order valence-electron chi connectivity index (χ1n) is 7.67. The van der Waals surface area contributed by atoms with Crippen LogP contribution in [0.3, 0.4) is 0 Å². The molecule has 1 N–H and O–H groups in total. The van der Waals surface area contributed by atoms with Crippen molar-refractivity contribution in [2.24, 2.45) is 11.8 Å². The number of carbonyl (C=O) groups excluding carboxylic acids is 1. The number of nitrogens with zero attached hydrogens (tertiary/aromatic N) is 1. The summed E-state index contributed by atoms with van der Waals surface area (Å²) in [5, 5.41) is 9.70. The second kappa shape index (κ2) is 7.14. The number of hydrogen-bond acceptors (Lipinski definition) is 2. The Morgan fingerprint density at radius 1 is 1.18 bits per heavy atom. The molecule has 0 spiro atoms. The molecule has 5 heteroatoms. The fourth-order valence-corrected chi connectivity index (χ4v) is 3.15. The van der Waals surface area contributed by atoms with Crippen molar-refractivity contribution in [2.75, 3.05) is 13.1 Å². The molecule has 2 rings (SSSR count). The van der Waals surface area contributed by atoms with E-state index in [9.17, 15) is 9.59 Å². The van der Waals surface area contributed by atoms with Gasteiger partial charge in [0.1, 0.15) is 0 Å². The molecule has 1 aliphatic rings. The van der Waals surface area contributed by atoms with Gasteiger partial charge in [-0.05, 0) is 36.5 Å². The SMILES string of the molecule is CC(C)C(C(=O)N1CCC(C(=O)O)CC1)c1ccc(Cl)cc1. The van der Waals surface area contributed by atoms with Crippen molar-refractivity contribution in [3.8, 4) is 0 Å². The summed E-state index contributed by atoms with van der Waals surface area (Å²) in [7, 11) is 0. The number of carboxylic acids is 1. The molecule has 1 heterocycles. The van der Waals surface area contributed by atoms with Gasteiger partial charge in [0, 0.05) is 18.1 Å². The van der Waals surface area contributed by atoms with E-state index in [1.54, 1.807) is 17.0 Å². The average Bonchev–Trinajstić information content (AvgIpc) is 2.49. The lowest BCUT2D eigenvalue weighted by molar-refractivity contribution is -0.146. The van der Waals surface area contributed by atoms with Crippen LogP contribution in [0, 0.1) is 11.8 Å². The molecule has 1 amide bonds. The molecule has 1 saturated heterocycles. The monoisotopic (exact) mass is 323 g/mol. The van der Waals surface area contributed by atoms with E-state index in [1.165, 1.54) is 0 Å². The van der Waals surface area contributed by atoms with Crippen LogP contribution in [0.2, 0.25) is 5.02 Å². The van der Waals surface area contributed by atoms with E-state index < -0.39 is 5.97 Å². The maximum Gasteiger partial charge on any atom is 0.306 e. The van der Waals surface area contributed by atoms with Gasteiger partial charge in [0.15, 0.2) is 0 Å². The summed E-state index contributed by atoms with van der Waals surface area (Å²) in [6.07, 6.45) is 1.07. The molecule has 0 aromatic heterocycles. The van der Waals surface area contributed by atoms with Crippen LogP contribution in [-0.2, 0) is 9.59 Å². The number of piperidine rings is 1. The van der Waals surface area contributed by atoms with Crippen LogP contribution < -0.4 is 0 Å². The summed E-state index contributed by atoms with van der Waals surface area (Å²) in [6.45, 7) is 5.10. The summed E-state index contributed by atoms with van der Waals surface area (Å²) in [6, 6.07) is 7.40. The van der Waals surface area contributed by atoms with Crippen LogP contribution in [0.5, 0.6) is 0 Å². The highest BCUT2D eigenvalue weighted by Gasteiger charge is 2.32. The maximum atomic E-state index is 12.8. The molecule has 1 aromatic carbocycles. The number of amides is 1. The van der Waals surface area contributed by atoms with Crippen LogP contribution >= 0.6 is 11.6 Å². The van der Waals surface area contributed by atoms with Crippen molar-refractivity contribution in [3.05, 3.63) is 34.9 Å². The highest BCUT2D eigenvalue weighted by molar-refractivity contribution is 6.30. The number of benzene rings is 1. The largest absolute Gasteiger partial charge is 0.481 e. The van der Waals surface area contributed by atoms with Gasteiger partial charge in [-0.25, -0.2) is 0 Å². The molecule has 0 bridgehead atoms. The smallest absolute Gasteiger partial charge is 0.306 e. The van der Waals surface area contributed by atoms with Crippen molar-refractivity contribution in [1.82, 2.24) is 4.90 Å². The summed E-state index contributed by atoms with van der Waals surface area (Å²) in [4.78, 5) is 25.7. The maximum absolute atomic E-state index is 12.8. The number of halogens is 1. The minimum Gasteiger partial charge on any atom is -0.481 e. The first kappa shape index (κ1) is 16.8. The number of aliphatic carboxylic acids is 1. The number of hydrogen-bond donors (Lipinski definition) is 1. The third-order valence-electron chi connectivity index (χ3n) is 4.32. The van der Waals surface area contributed by atoms with Crippen LogP contribution in [0.15, 0.2) is 24.3 Å². The zero-order valence-electron chi connectivity index (χ0n) is 13.0. The summed E-state index contributed by atoms with van der Waals surface area (Å²) in [5.41, 5.74) is 0.963. The summed E-state index contributed by atoms with van der Waals surface area (Å²) < 4.78 is 0. The van der Waals surface area contributed by atoms with Crippen LogP contribution in [-0.4, -0.2) is 35.0 Å². The molecule has 0 saturated carbocycles. The summed E-state index contributed by atoms with van der Waals surface area (Å²) in [5.74, 6) is -1.03. The Labute approximate surface area is 136 Å². The van der Waals surface area contributed by atoms with E-state index in [-0.39, 0.29) is 23.7 Å². The lowest BCUT2D eigenvalue weighted by Crippen LogP contribution is -2.43. The van der Waals surface area contributed by atoms with E-state index in [4.69, 9.17) is 16.7 Å². The normalized spacial score (nSPS) is 17.5. The Hall–Kier alpha value is -1.55. The molecule has 1 unspecified atom stereocenters. The number of carboxylic acid groups (broad SMARTS) is 1. The molecular formula is C17H22ClNO3. The molecule has 4 nitrogen and oxygen atoms in total. The zero-order chi connectivity index (χ0) is 16.3. The Morgan fingerprint density at radius 3 is 2.18 bits per heavy atom. The molecule has 22 heavy (non-hydrogen) atoms. The predicted molar refractivity (Wildman–Crippen MR) is 86.0 cm³/mol. The first-order valence-corrected chi connectivity index (χ1v) is 8.05. The molecule has 1 atom stereocenters. The lowest BCUT2D eigenvalue weighted by Gasteiger charge is -2.34. The minimum absolute atomic E-state index is 0.0844. The van der Waals surface area contributed by atoms with Crippen molar-refractivity contribution in [2.45, 2.75) is 32.6 Å². The van der Waals surface area contributed by atoms with E-state index in [2.05, 4.69) is 0 Å². The molecule has 120 valence electrons. The quantitative estimate of drug-likeness (QED) is 0.923. The highest BCUT2D eigenvalue weighted by atomic mass is 35.5. The number of rotatable bonds is 4. The topological polar surface area (TPSA) is 57.6 Å². The molecular weight excluding hydrogens is 302 g/mol. The second-order valence-corrected chi connectivity index (χ2v) is 6.65. The van der Waals surface area contributed by atoms with E-state index in [0.29, 0.717) is 31.0 Å². The van der Waals surface area contributed by atoms with Crippen LogP contribution in [0.1, 0.15) is 38.2 Å². The van der Waals surface area contributed by atoms with Crippen molar-refractivity contribution in [1.29, 1.82) is 0 Å². The number of carbonyl (C=O) groups is 2. The first-order chi connectivity index (χ1) is 10.4. The molecule has 1 fully saturated rings. The average molecular weight is 324 g/mol. The van der Waals surface area contributed by atoms with Crippen molar-refractivity contribution < 1.29 is 14.7 Å². The molecule has 1 aromatic rings. The zero-order valence-corrected chi connectivity index (χ0v) is 13.7. The van der Waals surface area contributed by atoms with Gasteiger partial charge in [0.05, 0.1) is 11.8 Å². The van der Waals surface area contributed by atoms with Gasteiger partial charge in [-0.2, -0.15) is 0 Å². The highest BCUT2D eigenvalue weighted by Crippen LogP contribution is 2.29. The molecule has 0 radical (unpaired) electrons. The Kier molecular flexibility index (Phi) is 5.46. The van der Waals surface area contributed by atoms with Gasteiger partial charge in [0.2, 0.25) is 5.91 Å². The van der Waals surface area contributed by atoms with E-state index in [1.807, 2.05) is 26.0 Å². The Balaban J connectivity index is 2.11. The molecule has 1 aliphatic heterocycles. The fraction of sp³-hybridized carbons (Fsp3) is 0.529. The Bertz CT molecular complexity index is 533. The lowest BCUT2D eigenvalue weighted by atomic mass is 9.86. The molecule has 0 aliphatic carbocycles. The second-order valence-electron chi connectivity index (χ2n) is 6.21. The number of likely N-dealkylation sites (tertiary alicyclic amines) is 1. The van der Waals surface area contributed by atoms with Gasteiger partial charge in [-0.1, -0.05) is 37.6 Å². The third-order valence-corrected chi connectivity index (χ3v) is 4.57. The van der Waals surface area contributed by atoms with E-state index in [0.717, 1.165) is 5.56 Å². The van der Waals surface area contributed by atoms with Gasteiger partial charge in [-0.15, -0.1) is 0 Å². The standard InChI is InChI=1S/C17H22ClNO3/c1-11(2)15(12-3-5-14(18)6-4-12)16(20)19-9-7-13(8-10-19)17(21)22/h3-6,11,13,15H,7-10H2,1-2H3,(H,21,22). The van der Waals surface area contributed by atoms with Crippen LogP contribution in [0.4, 0.5) is 0 Å². The predicted octanol–water partition coefficient (Wildman–Crippen LogP) is 3.40. The fourth-order valence-electron chi connectivity index (χ4n) is 3.03. The van der Waals surface area contributed by atoms with Gasteiger partial charge in [-0.3, -0.25) is 9.59 Å². The Morgan fingerprint density at radius 2 is 1.73 bits per heavy atom. The van der Waals surface area contributed by atoms with Gasteiger partial charge >= 0.3 is 5.97 Å². The summed E-state index contributed by atoms with van der Waals surface area (Å²) >= 11 is 5.92. The minimum atomic E-state index is -0.759. The third kappa shape index (κ3) is 3.80. The van der Waals surface area contributed by atoms with Crippen molar-refractivity contribution in [3.63, 3.8) is 0 Å². The van der Waals surface area contributed by atoms with Crippen LogP contribution in [0.25, 0.3) is 0 Å². The van der Waals surface area contributed by atoms with E-state index >= 15 is 0 Å². The van der Waals surface area contributed by atoms with Gasteiger partial charge in [0.25, 0.3) is 0 Å². The van der Waals surface area contributed by atoms with Gasteiger partial charge < -0.3 is 10.0 Å².